The van der Waals surface area contributed by atoms with E-state index in [4.69, 9.17) is 0 Å². The van der Waals surface area contributed by atoms with E-state index in [1.54, 1.807) is 4.90 Å². The molecule has 1 amide bonds. The number of hydrazone groups is 1. The molecular weight excluding hydrogens is 226 g/mol. The second-order valence-electron chi connectivity index (χ2n) is 4.05. The Labute approximate surface area is 107 Å². The van der Waals surface area contributed by atoms with Gasteiger partial charge in [-0.25, -0.2) is 0 Å². The molecule has 0 aliphatic carbocycles. The van der Waals surface area contributed by atoms with Crippen LogP contribution in [0.4, 0.5) is 5.69 Å². The lowest BCUT2D eigenvalue weighted by molar-refractivity contribution is -0.114. The van der Waals surface area contributed by atoms with Gasteiger partial charge < -0.3 is 0 Å². The van der Waals surface area contributed by atoms with Gasteiger partial charge in [0.1, 0.15) is 5.84 Å². The van der Waals surface area contributed by atoms with Crippen LogP contribution in [0.1, 0.15) is 13.3 Å². The molecule has 0 fully saturated rings. The van der Waals surface area contributed by atoms with E-state index >= 15 is 0 Å². The third kappa shape index (κ3) is 2.77. The molecular formula is C14H17N3O. The number of carbonyl (C=O) groups excluding carboxylic acids is 1. The van der Waals surface area contributed by atoms with Gasteiger partial charge in [0.15, 0.2) is 0 Å². The van der Waals surface area contributed by atoms with Gasteiger partial charge in [-0.1, -0.05) is 30.4 Å². The molecule has 0 radical (unpaired) electrons. The summed E-state index contributed by atoms with van der Waals surface area (Å²) in [5.74, 6) is 0.826. The van der Waals surface area contributed by atoms with Crippen molar-refractivity contribution in [2.45, 2.75) is 13.3 Å². The fourth-order valence-electron chi connectivity index (χ4n) is 1.86. The number of carbonyl (C=O) groups is 1. The van der Waals surface area contributed by atoms with Crippen molar-refractivity contribution in [2.24, 2.45) is 5.10 Å². The number of amides is 1. The highest BCUT2D eigenvalue weighted by Gasteiger charge is 2.19. The Hall–Kier alpha value is -2.10. The number of benzene rings is 1. The van der Waals surface area contributed by atoms with Gasteiger partial charge in [-0.3, -0.25) is 14.7 Å². The average molecular weight is 243 g/mol. The molecule has 0 N–H and O–H groups in total. The Balaban J connectivity index is 2.09. The molecule has 0 aromatic heterocycles. The van der Waals surface area contributed by atoms with Crippen LogP contribution in [0, 0.1) is 0 Å². The molecule has 18 heavy (non-hydrogen) atoms. The van der Waals surface area contributed by atoms with E-state index in [1.807, 2.05) is 54.4 Å². The highest BCUT2D eigenvalue weighted by molar-refractivity contribution is 5.93. The summed E-state index contributed by atoms with van der Waals surface area (Å²) in [6.07, 6.45) is 5.52. The summed E-state index contributed by atoms with van der Waals surface area (Å²) in [5, 5.41) is 6.43. The zero-order valence-corrected chi connectivity index (χ0v) is 10.5. The Morgan fingerprint density at radius 1 is 1.39 bits per heavy atom. The molecule has 94 valence electrons. The molecule has 1 aromatic carbocycles. The van der Waals surface area contributed by atoms with Crippen LogP contribution in [0.25, 0.3) is 0 Å². The van der Waals surface area contributed by atoms with Crippen molar-refractivity contribution in [3.63, 3.8) is 0 Å². The number of nitrogens with zero attached hydrogens (tertiary/aromatic N) is 3. The van der Waals surface area contributed by atoms with Crippen LogP contribution in [0.15, 0.2) is 47.6 Å². The summed E-state index contributed by atoms with van der Waals surface area (Å²) in [6.45, 7) is 3.34. The van der Waals surface area contributed by atoms with Crippen molar-refractivity contribution < 1.29 is 4.79 Å². The molecule has 1 aromatic rings. The molecule has 4 nitrogen and oxygen atoms in total. The van der Waals surface area contributed by atoms with Crippen LogP contribution in [0.3, 0.4) is 0 Å². The first-order chi connectivity index (χ1) is 8.85. The molecule has 0 spiro atoms. The smallest absolute Gasteiger partial charge is 0.215 e. The minimum absolute atomic E-state index is 0.585. The Bertz CT molecular complexity index is 453. The Morgan fingerprint density at radius 2 is 2.17 bits per heavy atom. The predicted molar refractivity (Wildman–Crippen MR) is 73.4 cm³/mol. The second-order valence-corrected chi connectivity index (χ2v) is 4.05. The third-order valence-electron chi connectivity index (χ3n) is 2.83. The first-order valence-corrected chi connectivity index (χ1v) is 6.08. The van der Waals surface area contributed by atoms with Gasteiger partial charge in [0.05, 0.1) is 5.69 Å². The molecule has 1 heterocycles. The number of rotatable bonds is 4. The number of amidine groups is 1. The molecule has 2 rings (SSSR count). The van der Waals surface area contributed by atoms with Gasteiger partial charge >= 0.3 is 0 Å². The minimum atomic E-state index is 0.585. The Morgan fingerprint density at radius 3 is 2.83 bits per heavy atom. The van der Waals surface area contributed by atoms with Gasteiger partial charge in [0, 0.05) is 19.5 Å². The van der Waals surface area contributed by atoms with Crippen molar-refractivity contribution >= 4 is 17.9 Å². The van der Waals surface area contributed by atoms with E-state index < -0.39 is 0 Å². The van der Waals surface area contributed by atoms with Crippen molar-refractivity contribution in [3.8, 4) is 0 Å². The predicted octanol–water partition coefficient (Wildman–Crippen LogP) is 2.24. The van der Waals surface area contributed by atoms with E-state index in [-0.39, 0.29) is 0 Å². The SMILES string of the molecule is CC=CCN(C=O)C1=NN(c2ccccc2)CC1. The second kappa shape index (κ2) is 6.00. The van der Waals surface area contributed by atoms with E-state index in [9.17, 15) is 4.79 Å². The quantitative estimate of drug-likeness (QED) is 0.600. The molecule has 0 saturated heterocycles. The molecule has 0 bridgehead atoms. The van der Waals surface area contributed by atoms with Crippen molar-refractivity contribution in [2.75, 3.05) is 18.1 Å². The van der Waals surface area contributed by atoms with Crippen LogP contribution < -0.4 is 5.01 Å². The standard InChI is InChI=1S/C14H17N3O/c1-2-3-10-16(12-18)14-9-11-17(15-14)13-7-5-4-6-8-13/h2-8,12H,9-11H2,1H3. The number of allylic oxidation sites excluding steroid dienone is 1. The van der Waals surface area contributed by atoms with E-state index in [0.29, 0.717) is 6.54 Å². The fourth-order valence-corrected chi connectivity index (χ4v) is 1.86. The lowest BCUT2D eigenvalue weighted by Gasteiger charge is -2.14. The normalized spacial score (nSPS) is 14.9. The monoisotopic (exact) mass is 243 g/mol. The maximum atomic E-state index is 11.0. The van der Waals surface area contributed by atoms with Crippen LogP contribution in [0.2, 0.25) is 0 Å². The zero-order chi connectivity index (χ0) is 12.8. The van der Waals surface area contributed by atoms with Crippen molar-refractivity contribution in [3.05, 3.63) is 42.5 Å². The van der Waals surface area contributed by atoms with E-state index in [1.165, 1.54) is 0 Å². The van der Waals surface area contributed by atoms with Crippen molar-refractivity contribution in [1.82, 2.24) is 4.90 Å². The lowest BCUT2D eigenvalue weighted by atomic mass is 10.3. The summed E-state index contributed by atoms with van der Waals surface area (Å²) in [6, 6.07) is 9.99. The summed E-state index contributed by atoms with van der Waals surface area (Å²) in [4.78, 5) is 12.7. The van der Waals surface area contributed by atoms with Gasteiger partial charge in [-0.15, -0.1) is 0 Å². The summed E-state index contributed by atoms with van der Waals surface area (Å²) < 4.78 is 0. The fraction of sp³-hybridized carbons (Fsp3) is 0.286. The average Bonchev–Trinajstić information content (AvgIpc) is 2.90. The summed E-state index contributed by atoms with van der Waals surface area (Å²) >= 11 is 0. The van der Waals surface area contributed by atoms with Gasteiger partial charge in [0.25, 0.3) is 0 Å². The van der Waals surface area contributed by atoms with Gasteiger partial charge in [-0.05, 0) is 19.1 Å². The number of hydrogen-bond acceptors (Lipinski definition) is 3. The minimum Gasteiger partial charge on any atom is -0.298 e. The first kappa shape index (κ1) is 12.4. The zero-order valence-electron chi connectivity index (χ0n) is 10.5. The highest BCUT2D eigenvalue weighted by atomic mass is 16.1. The summed E-state index contributed by atoms with van der Waals surface area (Å²) in [7, 11) is 0. The molecule has 0 saturated carbocycles. The largest absolute Gasteiger partial charge is 0.298 e. The Kier molecular flexibility index (Phi) is 4.12. The molecule has 1 aliphatic rings. The van der Waals surface area contributed by atoms with E-state index in [2.05, 4.69) is 5.10 Å². The van der Waals surface area contributed by atoms with Gasteiger partial charge in [-0.2, -0.15) is 5.10 Å². The first-order valence-electron chi connectivity index (χ1n) is 6.08. The number of hydrogen-bond donors (Lipinski definition) is 0. The highest BCUT2D eigenvalue weighted by Crippen LogP contribution is 2.19. The maximum Gasteiger partial charge on any atom is 0.215 e. The number of para-hydroxylation sites is 1. The van der Waals surface area contributed by atoms with E-state index in [0.717, 1.165) is 30.9 Å². The van der Waals surface area contributed by atoms with Crippen LogP contribution in [-0.2, 0) is 4.79 Å². The molecule has 0 atom stereocenters. The lowest BCUT2D eigenvalue weighted by Crippen LogP contribution is -2.28. The van der Waals surface area contributed by atoms with Crippen molar-refractivity contribution in [1.29, 1.82) is 0 Å². The van der Waals surface area contributed by atoms with Crippen LogP contribution >= 0.6 is 0 Å². The number of anilines is 1. The molecule has 0 unspecified atom stereocenters. The molecule has 1 aliphatic heterocycles. The van der Waals surface area contributed by atoms with Crippen LogP contribution in [0.5, 0.6) is 0 Å². The summed E-state index contributed by atoms with van der Waals surface area (Å²) in [5.41, 5.74) is 1.06. The van der Waals surface area contributed by atoms with Crippen LogP contribution in [-0.4, -0.2) is 30.2 Å². The van der Waals surface area contributed by atoms with Gasteiger partial charge in [0.2, 0.25) is 6.41 Å². The topological polar surface area (TPSA) is 35.9 Å². The third-order valence-corrected chi connectivity index (χ3v) is 2.83. The molecule has 4 heteroatoms. The maximum absolute atomic E-state index is 11.0.